The number of carboxylic acid groups (broad SMARTS) is 1. The Morgan fingerprint density at radius 1 is 1.45 bits per heavy atom. The summed E-state index contributed by atoms with van der Waals surface area (Å²) in [6.07, 6.45) is 4.49. The minimum Gasteiger partial charge on any atom is -0.478 e. The van der Waals surface area contributed by atoms with Gasteiger partial charge in [-0.2, -0.15) is 0 Å². The molecular weight excluding hydrogens is 325 g/mol. The molecule has 2 N–H and O–H groups in total. The maximum absolute atomic E-state index is 14.1. The number of rotatable bonds is 8. The average Bonchev–Trinajstić information content (AvgIpc) is 2.43. The summed E-state index contributed by atoms with van der Waals surface area (Å²) in [6.45, 7) is 4.98. The minimum atomic E-state index is -1.14. The molecule has 0 bridgehead atoms. The molecule has 20 heavy (non-hydrogen) atoms. The maximum Gasteiger partial charge on any atom is 0.336 e. The van der Waals surface area contributed by atoms with Crippen LogP contribution >= 0.6 is 15.9 Å². The Balaban J connectivity index is 2.73. The summed E-state index contributed by atoms with van der Waals surface area (Å²) in [5.74, 6) is -1.18. The van der Waals surface area contributed by atoms with Crippen LogP contribution in [0.25, 0.3) is 0 Å². The van der Waals surface area contributed by atoms with Gasteiger partial charge in [-0.05, 0) is 40.4 Å². The van der Waals surface area contributed by atoms with Crippen LogP contribution in [0.1, 0.15) is 49.9 Å². The van der Waals surface area contributed by atoms with Gasteiger partial charge >= 0.3 is 5.97 Å². The molecule has 0 aromatic heterocycles. The smallest absolute Gasteiger partial charge is 0.336 e. The molecule has 0 radical (unpaired) electrons. The quantitative estimate of drug-likeness (QED) is 0.703. The van der Waals surface area contributed by atoms with Gasteiger partial charge in [0.25, 0.3) is 0 Å². The fraction of sp³-hybridized carbons (Fsp3) is 0.533. The summed E-state index contributed by atoms with van der Waals surface area (Å²) >= 11 is 3.00. The molecule has 5 heteroatoms. The van der Waals surface area contributed by atoms with E-state index in [0.717, 1.165) is 19.3 Å². The van der Waals surface area contributed by atoms with Gasteiger partial charge in [0.1, 0.15) is 0 Å². The molecule has 0 fully saturated rings. The number of aromatic carboxylic acids is 1. The molecule has 1 rings (SSSR count). The highest BCUT2D eigenvalue weighted by molar-refractivity contribution is 9.10. The number of hydrogen-bond donors (Lipinski definition) is 2. The Kier molecular flexibility index (Phi) is 6.99. The molecule has 0 saturated heterocycles. The Bertz CT molecular complexity index is 465. The lowest BCUT2D eigenvalue weighted by molar-refractivity contribution is 0.0695. The minimum absolute atomic E-state index is 0.00314. The molecule has 112 valence electrons. The Hall–Kier alpha value is -1.10. The van der Waals surface area contributed by atoms with E-state index in [1.165, 1.54) is 18.6 Å². The van der Waals surface area contributed by atoms with Crippen LogP contribution in [0.2, 0.25) is 0 Å². The van der Waals surface area contributed by atoms with Crippen LogP contribution in [0.3, 0.4) is 0 Å². The van der Waals surface area contributed by atoms with Crippen LogP contribution in [0.4, 0.5) is 10.1 Å². The van der Waals surface area contributed by atoms with Gasteiger partial charge in [-0.15, -0.1) is 0 Å². The van der Waals surface area contributed by atoms with Gasteiger partial charge in [-0.25, -0.2) is 9.18 Å². The molecule has 1 aromatic rings. The number of carbonyl (C=O) groups is 1. The van der Waals surface area contributed by atoms with E-state index in [2.05, 4.69) is 35.1 Å². The van der Waals surface area contributed by atoms with Crippen LogP contribution in [-0.2, 0) is 0 Å². The molecule has 0 heterocycles. The zero-order valence-electron chi connectivity index (χ0n) is 11.9. The molecular formula is C15H21BrFNO2. The number of carboxylic acids is 1. The zero-order chi connectivity index (χ0) is 15.1. The van der Waals surface area contributed by atoms with Crippen molar-refractivity contribution in [2.75, 3.05) is 11.9 Å². The monoisotopic (exact) mass is 345 g/mol. The second kappa shape index (κ2) is 8.25. The van der Waals surface area contributed by atoms with Crippen LogP contribution in [0.5, 0.6) is 0 Å². The van der Waals surface area contributed by atoms with Crippen molar-refractivity contribution in [1.29, 1.82) is 0 Å². The van der Waals surface area contributed by atoms with Crippen LogP contribution in [-0.4, -0.2) is 17.6 Å². The molecule has 0 amide bonds. The van der Waals surface area contributed by atoms with E-state index in [1.54, 1.807) is 0 Å². The molecule has 1 atom stereocenters. The predicted molar refractivity (Wildman–Crippen MR) is 82.9 cm³/mol. The lowest BCUT2D eigenvalue weighted by Crippen LogP contribution is -2.15. The maximum atomic E-state index is 14.1. The number of anilines is 1. The van der Waals surface area contributed by atoms with Gasteiger partial charge < -0.3 is 10.4 Å². The third-order valence-corrected chi connectivity index (χ3v) is 4.21. The van der Waals surface area contributed by atoms with Gasteiger partial charge in [0.15, 0.2) is 5.82 Å². The fourth-order valence-electron chi connectivity index (χ4n) is 2.05. The largest absolute Gasteiger partial charge is 0.478 e. The second-order valence-electron chi connectivity index (χ2n) is 4.89. The van der Waals surface area contributed by atoms with E-state index < -0.39 is 11.8 Å². The first-order valence-electron chi connectivity index (χ1n) is 6.96. The lowest BCUT2D eigenvalue weighted by atomic mass is 9.99. The van der Waals surface area contributed by atoms with Crippen molar-refractivity contribution in [2.24, 2.45) is 5.92 Å². The summed E-state index contributed by atoms with van der Waals surface area (Å²) in [4.78, 5) is 10.9. The molecule has 0 saturated carbocycles. The molecule has 0 aliphatic rings. The first-order valence-corrected chi connectivity index (χ1v) is 7.75. The molecule has 1 aromatic carbocycles. The molecule has 0 spiro atoms. The summed E-state index contributed by atoms with van der Waals surface area (Å²) in [5, 5.41) is 12.0. The highest BCUT2D eigenvalue weighted by Gasteiger charge is 2.16. The Morgan fingerprint density at radius 2 is 2.15 bits per heavy atom. The molecule has 3 nitrogen and oxygen atoms in total. The summed E-state index contributed by atoms with van der Waals surface area (Å²) in [6, 6.07) is 2.89. The molecule has 0 aliphatic carbocycles. The summed E-state index contributed by atoms with van der Waals surface area (Å²) in [5.41, 5.74) is 0.280. The van der Waals surface area contributed by atoms with Crippen molar-refractivity contribution in [3.05, 3.63) is 28.0 Å². The molecule has 0 aliphatic heterocycles. The van der Waals surface area contributed by atoms with Crippen molar-refractivity contribution in [3.8, 4) is 0 Å². The molecule has 1 unspecified atom stereocenters. The summed E-state index contributed by atoms with van der Waals surface area (Å²) in [7, 11) is 0. The fourth-order valence-corrected chi connectivity index (χ4v) is 2.56. The van der Waals surface area contributed by atoms with E-state index in [4.69, 9.17) is 5.11 Å². The van der Waals surface area contributed by atoms with Gasteiger partial charge in [-0.3, -0.25) is 0 Å². The van der Waals surface area contributed by atoms with Crippen molar-refractivity contribution < 1.29 is 14.3 Å². The number of unbranched alkanes of at least 4 members (excludes halogenated alkanes) is 1. The van der Waals surface area contributed by atoms with Crippen molar-refractivity contribution in [3.63, 3.8) is 0 Å². The number of benzene rings is 1. The van der Waals surface area contributed by atoms with Gasteiger partial charge in [-0.1, -0.05) is 33.1 Å². The Labute approximate surface area is 127 Å². The van der Waals surface area contributed by atoms with Crippen LogP contribution in [0.15, 0.2) is 16.6 Å². The van der Waals surface area contributed by atoms with E-state index in [1.807, 2.05) is 0 Å². The van der Waals surface area contributed by atoms with Gasteiger partial charge in [0.05, 0.1) is 15.7 Å². The zero-order valence-corrected chi connectivity index (χ0v) is 13.5. The third kappa shape index (κ3) is 4.47. The second-order valence-corrected chi connectivity index (χ2v) is 5.68. The average molecular weight is 346 g/mol. The first kappa shape index (κ1) is 17.0. The topological polar surface area (TPSA) is 49.3 Å². The van der Waals surface area contributed by atoms with Gasteiger partial charge in [0, 0.05) is 6.54 Å². The van der Waals surface area contributed by atoms with E-state index in [9.17, 15) is 9.18 Å². The van der Waals surface area contributed by atoms with E-state index >= 15 is 0 Å². The SMILES string of the molecule is CCCCC(CC)CNc1ccc(C(=O)O)c(Br)c1F. The highest BCUT2D eigenvalue weighted by Crippen LogP contribution is 2.27. The predicted octanol–water partition coefficient (Wildman–Crippen LogP) is 4.91. The van der Waals surface area contributed by atoms with Gasteiger partial charge in [0.2, 0.25) is 0 Å². The lowest BCUT2D eigenvalue weighted by Gasteiger charge is -2.17. The van der Waals surface area contributed by atoms with Crippen LogP contribution in [0, 0.1) is 11.7 Å². The Morgan fingerprint density at radius 3 is 2.70 bits per heavy atom. The highest BCUT2D eigenvalue weighted by atomic mass is 79.9. The van der Waals surface area contributed by atoms with Crippen LogP contribution < -0.4 is 5.32 Å². The third-order valence-electron chi connectivity index (χ3n) is 3.44. The number of halogens is 2. The number of hydrogen-bond acceptors (Lipinski definition) is 2. The van der Waals surface area contributed by atoms with Crippen molar-refractivity contribution in [1.82, 2.24) is 0 Å². The van der Waals surface area contributed by atoms with Crippen molar-refractivity contribution >= 4 is 27.6 Å². The normalized spacial score (nSPS) is 12.2. The van der Waals surface area contributed by atoms with E-state index in [-0.39, 0.29) is 10.0 Å². The summed E-state index contributed by atoms with van der Waals surface area (Å²) < 4.78 is 14.1. The van der Waals surface area contributed by atoms with E-state index in [0.29, 0.717) is 18.2 Å². The van der Waals surface area contributed by atoms with Crippen molar-refractivity contribution in [2.45, 2.75) is 39.5 Å². The number of nitrogens with one attached hydrogen (secondary N) is 1. The first-order chi connectivity index (χ1) is 9.51. The standard InChI is InChI=1S/C15H21BrFNO2/c1-3-5-6-10(4-2)9-18-12-8-7-11(15(19)20)13(16)14(12)17/h7-8,10,18H,3-6,9H2,1-2H3,(H,19,20).